The number of rotatable bonds is 6. The molecule has 0 radical (unpaired) electrons. The summed E-state index contributed by atoms with van der Waals surface area (Å²) < 4.78 is 19.5. The molecular formula is C20H19FN4O3. The largest absolute Gasteiger partial charge is 0.452 e. The van der Waals surface area contributed by atoms with E-state index in [1.54, 1.807) is 28.9 Å². The van der Waals surface area contributed by atoms with Crippen molar-refractivity contribution in [3.63, 3.8) is 0 Å². The van der Waals surface area contributed by atoms with Crippen LogP contribution in [0.4, 0.5) is 4.39 Å². The third-order valence-electron chi connectivity index (χ3n) is 3.95. The summed E-state index contributed by atoms with van der Waals surface area (Å²) in [5, 5.41) is 6.93. The minimum absolute atomic E-state index is 0.218. The van der Waals surface area contributed by atoms with Gasteiger partial charge in [-0.2, -0.15) is 5.10 Å². The molecule has 0 saturated carbocycles. The van der Waals surface area contributed by atoms with Gasteiger partial charge >= 0.3 is 5.97 Å². The normalized spacial score (nSPS) is 10.5. The van der Waals surface area contributed by atoms with Crippen molar-refractivity contribution < 1.29 is 18.7 Å². The molecule has 3 rings (SSSR count). The number of aryl methyl sites for hydroxylation is 2. The number of esters is 1. The maximum Gasteiger partial charge on any atom is 0.340 e. The van der Waals surface area contributed by atoms with Crippen LogP contribution in [0.1, 0.15) is 27.3 Å². The van der Waals surface area contributed by atoms with Gasteiger partial charge in [-0.1, -0.05) is 12.1 Å². The number of aromatic nitrogens is 3. The van der Waals surface area contributed by atoms with Gasteiger partial charge in [0.15, 0.2) is 12.4 Å². The minimum Gasteiger partial charge on any atom is -0.452 e. The lowest BCUT2D eigenvalue weighted by molar-refractivity contribution is -0.124. The number of halogens is 1. The first-order chi connectivity index (χ1) is 13.4. The van der Waals surface area contributed by atoms with Crippen molar-refractivity contribution >= 4 is 11.9 Å². The topological polar surface area (TPSA) is 86.1 Å². The highest BCUT2D eigenvalue weighted by Gasteiger charge is 2.12. The second-order valence-electron chi connectivity index (χ2n) is 6.22. The molecule has 0 bridgehead atoms. The summed E-state index contributed by atoms with van der Waals surface area (Å²) in [6, 6.07) is 10.9. The smallest absolute Gasteiger partial charge is 0.340 e. The van der Waals surface area contributed by atoms with Crippen LogP contribution >= 0.6 is 0 Å². The van der Waals surface area contributed by atoms with Crippen molar-refractivity contribution in [2.45, 2.75) is 20.4 Å². The molecule has 7 nitrogen and oxygen atoms in total. The quantitative estimate of drug-likeness (QED) is 0.662. The molecule has 1 amide bonds. The van der Waals surface area contributed by atoms with E-state index in [-0.39, 0.29) is 17.9 Å². The lowest BCUT2D eigenvalue weighted by Crippen LogP contribution is -2.28. The average Bonchev–Trinajstić information content (AvgIpc) is 3.04. The van der Waals surface area contributed by atoms with Crippen LogP contribution in [-0.2, 0) is 16.1 Å². The fourth-order valence-electron chi connectivity index (χ4n) is 2.56. The maximum absolute atomic E-state index is 12.8. The van der Waals surface area contributed by atoms with E-state index in [0.717, 1.165) is 17.0 Å². The minimum atomic E-state index is -0.649. The highest BCUT2D eigenvalue weighted by Crippen LogP contribution is 2.11. The summed E-state index contributed by atoms with van der Waals surface area (Å²) in [6.07, 6.45) is 1.38. The van der Waals surface area contributed by atoms with Gasteiger partial charge in [0.05, 0.1) is 11.3 Å². The number of hydrogen-bond donors (Lipinski definition) is 1. The summed E-state index contributed by atoms with van der Waals surface area (Å²) >= 11 is 0. The number of hydrogen-bond acceptors (Lipinski definition) is 5. The van der Waals surface area contributed by atoms with Crippen molar-refractivity contribution in [2.75, 3.05) is 6.61 Å². The first-order valence-corrected chi connectivity index (χ1v) is 8.60. The monoisotopic (exact) mass is 382 g/mol. The van der Waals surface area contributed by atoms with Crippen LogP contribution in [0.25, 0.3) is 5.82 Å². The Kier molecular flexibility index (Phi) is 5.78. The van der Waals surface area contributed by atoms with Gasteiger partial charge in [0.2, 0.25) is 0 Å². The maximum atomic E-state index is 12.8. The van der Waals surface area contributed by atoms with Crippen LogP contribution in [-0.4, -0.2) is 33.2 Å². The Balaban J connectivity index is 1.51. The lowest BCUT2D eigenvalue weighted by Gasteiger charge is -2.07. The van der Waals surface area contributed by atoms with Gasteiger partial charge in [-0.15, -0.1) is 0 Å². The van der Waals surface area contributed by atoms with Crippen molar-refractivity contribution in [2.24, 2.45) is 0 Å². The lowest BCUT2D eigenvalue weighted by atomic mass is 10.2. The standard InChI is InChI=1S/C20H19FN4O3/c1-13-9-14(2)25(24-13)18-8-5-16(11-22-18)20(27)28-12-19(26)23-10-15-3-6-17(21)7-4-15/h3-9,11H,10,12H2,1-2H3,(H,23,26). The summed E-state index contributed by atoms with van der Waals surface area (Å²) in [7, 11) is 0. The van der Waals surface area contributed by atoms with Gasteiger partial charge < -0.3 is 10.1 Å². The molecule has 144 valence electrons. The Morgan fingerprint density at radius 2 is 1.89 bits per heavy atom. The van der Waals surface area contributed by atoms with E-state index in [0.29, 0.717) is 5.82 Å². The van der Waals surface area contributed by atoms with Crippen molar-refractivity contribution in [3.05, 3.63) is 77.0 Å². The zero-order valence-electron chi connectivity index (χ0n) is 15.5. The molecule has 28 heavy (non-hydrogen) atoms. The number of amides is 1. The fraction of sp³-hybridized carbons (Fsp3) is 0.200. The first-order valence-electron chi connectivity index (χ1n) is 8.60. The fourth-order valence-corrected chi connectivity index (χ4v) is 2.56. The molecular weight excluding hydrogens is 363 g/mol. The highest BCUT2D eigenvalue weighted by molar-refractivity contribution is 5.91. The second kappa shape index (κ2) is 8.43. The molecule has 0 unspecified atom stereocenters. The van der Waals surface area contributed by atoms with Gasteiger partial charge in [-0.25, -0.2) is 18.9 Å². The number of carbonyl (C=O) groups excluding carboxylic acids is 2. The number of benzene rings is 1. The SMILES string of the molecule is Cc1cc(C)n(-c2ccc(C(=O)OCC(=O)NCc3ccc(F)cc3)cn2)n1. The Hall–Kier alpha value is -3.55. The van der Waals surface area contributed by atoms with E-state index in [4.69, 9.17) is 4.74 Å². The number of carbonyl (C=O) groups is 2. The van der Waals surface area contributed by atoms with Crippen LogP contribution in [0.15, 0.2) is 48.7 Å². The van der Waals surface area contributed by atoms with E-state index in [1.165, 1.54) is 18.3 Å². The Morgan fingerprint density at radius 1 is 1.14 bits per heavy atom. The summed E-state index contributed by atoms with van der Waals surface area (Å²) in [5.41, 5.74) is 2.77. The van der Waals surface area contributed by atoms with Crippen molar-refractivity contribution in [1.82, 2.24) is 20.1 Å². The Labute approximate surface area is 161 Å². The van der Waals surface area contributed by atoms with Crippen LogP contribution in [0, 0.1) is 19.7 Å². The molecule has 0 fully saturated rings. The predicted molar refractivity (Wildman–Crippen MR) is 99.4 cm³/mol. The molecule has 0 atom stereocenters. The summed E-state index contributed by atoms with van der Waals surface area (Å²) in [6.45, 7) is 3.60. The van der Waals surface area contributed by atoms with Gasteiger partial charge in [0.25, 0.3) is 5.91 Å². The Morgan fingerprint density at radius 3 is 2.50 bits per heavy atom. The average molecular weight is 382 g/mol. The molecule has 2 aromatic heterocycles. The molecule has 0 spiro atoms. The van der Waals surface area contributed by atoms with E-state index in [1.807, 2.05) is 19.9 Å². The Bertz CT molecular complexity index is 982. The predicted octanol–water partition coefficient (Wildman–Crippen LogP) is 2.50. The van der Waals surface area contributed by atoms with Crippen molar-refractivity contribution in [1.29, 1.82) is 0 Å². The zero-order valence-corrected chi connectivity index (χ0v) is 15.5. The number of nitrogens with zero attached hydrogens (tertiary/aromatic N) is 3. The van der Waals surface area contributed by atoms with E-state index < -0.39 is 18.5 Å². The molecule has 0 aliphatic rings. The molecule has 1 N–H and O–H groups in total. The molecule has 3 aromatic rings. The van der Waals surface area contributed by atoms with Gasteiger partial charge in [0, 0.05) is 18.4 Å². The third kappa shape index (κ3) is 4.79. The number of nitrogens with one attached hydrogen (secondary N) is 1. The van der Waals surface area contributed by atoms with Crippen LogP contribution in [0.3, 0.4) is 0 Å². The number of pyridine rings is 1. The van der Waals surface area contributed by atoms with Crippen LogP contribution in [0.5, 0.6) is 0 Å². The summed E-state index contributed by atoms with van der Waals surface area (Å²) in [4.78, 5) is 28.1. The molecule has 1 aromatic carbocycles. The molecule has 0 aliphatic carbocycles. The molecule has 0 saturated heterocycles. The zero-order chi connectivity index (χ0) is 20.1. The summed E-state index contributed by atoms with van der Waals surface area (Å²) in [5.74, 6) is -0.866. The number of ether oxygens (including phenoxy) is 1. The first kappa shape index (κ1) is 19.2. The van der Waals surface area contributed by atoms with E-state index >= 15 is 0 Å². The van der Waals surface area contributed by atoms with Crippen molar-refractivity contribution in [3.8, 4) is 5.82 Å². The van der Waals surface area contributed by atoms with Crippen LogP contribution < -0.4 is 5.32 Å². The van der Waals surface area contributed by atoms with E-state index in [9.17, 15) is 14.0 Å². The van der Waals surface area contributed by atoms with Gasteiger partial charge in [-0.05, 0) is 49.7 Å². The van der Waals surface area contributed by atoms with E-state index in [2.05, 4.69) is 15.4 Å². The van der Waals surface area contributed by atoms with Gasteiger partial charge in [-0.3, -0.25) is 4.79 Å². The molecule has 2 heterocycles. The third-order valence-corrected chi connectivity index (χ3v) is 3.95. The van der Waals surface area contributed by atoms with Crippen LogP contribution in [0.2, 0.25) is 0 Å². The molecule has 8 heteroatoms. The van der Waals surface area contributed by atoms with Gasteiger partial charge in [0.1, 0.15) is 5.82 Å². The molecule has 0 aliphatic heterocycles. The second-order valence-corrected chi connectivity index (χ2v) is 6.22. The highest BCUT2D eigenvalue weighted by atomic mass is 19.1.